The van der Waals surface area contributed by atoms with Gasteiger partial charge in [-0.2, -0.15) is 0 Å². The maximum absolute atomic E-state index is 12.4. The molecular weight excluding hydrogens is 446 g/mol. The Morgan fingerprint density at radius 2 is 1.78 bits per heavy atom. The molecule has 1 aromatic carbocycles. The van der Waals surface area contributed by atoms with Crippen LogP contribution < -0.4 is 4.74 Å². The van der Waals surface area contributed by atoms with Gasteiger partial charge in [-0.05, 0) is 57.5 Å². The fraction of sp³-hybridized carbons (Fsp3) is 0.409. The number of aryl methyl sites for hydroxylation is 2. The van der Waals surface area contributed by atoms with Crippen LogP contribution in [0, 0.1) is 13.8 Å². The monoisotopic (exact) mass is 473 g/mol. The second-order valence-electron chi connectivity index (χ2n) is 6.92. The fourth-order valence-electron chi connectivity index (χ4n) is 3.01. The molecule has 0 aliphatic rings. The second-order valence-corrected chi connectivity index (χ2v) is 9.03. The second kappa shape index (κ2) is 11.3. The lowest BCUT2D eigenvalue weighted by Crippen LogP contribution is -2.20. The number of ether oxygens (including phenoxy) is 2. The number of methoxy groups -OCH3 is 1. The summed E-state index contributed by atoms with van der Waals surface area (Å²) in [5.41, 5.74) is 2.73. The third kappa shape index (κ3) is 6.01. The van der Waals surface area contributed by atoms with E-state index in [9.17, 15) is 4.79 Å². The molecule has 0 spiro atoms. The predicted octanol–water partition coefficient (Wildman–Crippen LogP) is 4.41. The zero-order valence-corrected chi connectivity index (χ0v) is 20.5. The molecule has 0 radical (unpaired) electrons. The van der Waals surface area contributed by atoms with E-state index in [1.165, 1.54) is 23.5 Å². The van der Waals surface area contributed by atoms with Gasteiger partial charge in [0.1, 0.15) is 16.8 Å². The lowest BCUT2D eigenvalue weighted by atomic mass is 10.3. The highest BCUT2D eigenvalue weighted by molar-refractivity contribution is 8.00. The van der Waals surface area contributed by atoms with Crippen molar-refractivity contribution in [2.24, 2.45) is 0 Å². The molecule has 0 N–H and O–H groups in total. The van der Waals surface area contributed by atoms with E-state index in [0.717, 1.165) is 28.6 Å². The number of thioether (sulfide) groups is 2. The summed E-state index contributed by atoms with van der Waals surface area (Å²) in [4.78, 5) is 21.3. The van der Waals surface area contributed by atoms with Crippen LogP contribution in [0.3, 0.4) is 0 Å². The molecule has 0 saturated carbocycles. The maximum Gasteiger partial charge on any atom is 0.319 e. The van der Waals surface area contributed by atoms with E-state index < -0.39 is 0 Å². The Bertz CT molecular complexity index is 1040. The van der Waals surface area contributed by atoms with Gasteiger partial charge in [0.05, 0.1) is 19.5 Å². The topological polar surface area (TPSA) is 92.0 Å². The van der Waals surface area contributed by atoms with Gasteiger partial charge >= 0.3 is 5.97 Å². The van der Waals surface area contributed by atoms with Crippen LogP contribution in [0.4, 0.5) is 0 Å². The molecule has 0 aliphatic carbocycles. The van der Waals surface area contributed by atoms with Gasteiger partial charge in [0.2, 0.25) is 0 Å². The standard InChI is InChI=1S/C22H27N5O3S2/c1-6-18(20(28)30-7-2)32-22-26-25-19(13-31-21-23-14(3)12-15(4)24-21)27(22)16-8-10-17(29-5)11-9-16/h8-12,18H,6-7,13H2,1-5H3/t18-/m1/s1. The van der Waals surface area contributed by atoms with Gasteiger partial charge in [-0.25, -0.2) is 9.97 Å². The zero-order valence-electron chi connectivity index (χ0n) is 18.9. The summed E-state index contributed by atoms with van der Waals surface area (Å²) >= 11 is 2.86. The van der Waals surface area contributed by atoms with Gasteiger partial charge in [0.15, 0.2) is 10.3 Å². The lowest BCUT2D eigenvalue weighted by molar-refractivity contribution is -0.142. The molecule has 0 fully saturated rings. The number of rotatable bonds is 10. The average Bonchev–Trinajstić information content (AvgIpc) is 3.18. The summed E-state index contributed by atoms with van der Waals surface area (Å²) in [6, 6.07) is 9.60. The lowest BCUT2D eigenvalue weighted by Gasteiger charge is -2.15. The minimum atomic E-state index is -0.362. The average molecular weight is 474 g/mol. The third-order valence-electron chi connectivity index (χ3n) is 4.49. The first kappa shape index (κ1) is 24.1. The first-order chi connectivity index (χ1) is 15.4. The molecule has 8 nitrogen and oxygen atoms in total. The summed E-state index contributed by atoms with van der Waals surface area (Å²) in [6.07, 6.45) is 0.624. The summed E-state index contributed by atoms with van der Waals surface area (Å²) < 4.78 is 12.5. The van der Waals surface area contributed by atoms with Crippen molar-refractivity contribution in [3.63, 3.8) is 0 Å². The summed E-state index contributed by atoms with van der Waals surface area (Å²) in [5, 5.41) is 9.78. The molecule has 0 bridgehead atoms. The molecule has 0 saturated heterocycles. The van der Waals surface area contributed by atoms with E-state index in [1.54, 1.807) is 14.0 Å². The molecule has 0 aliphatic heterocycles. The van der Waals surface area contributed by atoms with Gasteiger partial charge in [-0.3, -0.25) is 9.36 Å². The molecule has 32 heavy (non-hydrogen) atoms. The minimum Gasteiger partial charge on any atom is -0.497 e. The van der Waals surface area contributed by atoms with Gasteiger partial charge in [0.25, 0.3) is 0 Å². The van der Waals surface area contributed by atoms with Crippen LogP contribution in [0.15, 0.2) is 40.6 Å². The number of carbonyl (C=O) groups excluding carboxylic acids is 1. The zero-order chi connectivity index (χ0) is 23.1. The molecule has 1 atom stereocenters. The van der Waals surface area contributed by atoms with E-state index in [-0.39, 0.29) is 11.2 Å². The Hall–Kier alpha value is -2.59. The van der Waals surface area contributed by atoms with Crippen LogP contribution in [0.1, 0.15) is 37.5 Å². The van der Waals surface area contributed by atoms with Gasteiger partial charge in [-0.1, -0.05) is 30.4 Å². The SMILES string of the molecule is CCOC(=O)[C@@H](CC)Sc1nnc(CSc2nc(C)cc(C)n2)n1-c1ccc(OC)cc1. The number of hydrogen-bond donors (Lipinski definition) is 0. The predicted molar refractivity (Wildman–Crippen MR) is 126 cm³/mol. The van der Waals surface area contributed by atoms with Crippen LogP contribution in [0.25, 0.3) is 5.69 Å². The highest BCUT2D eigenvalue weighted by Crippen LogP contribution is 2.30. The minimum absolute atomic E-state index is 0.246. The number of esters is 1. The van der Waals surface area contributed by atoms with Crippen molar-refractivity contribution < 1.29 is 14.3 Å². The van der Waals surface area contributed by atoms with Gasteiger partial charge < -0.3 is 9.47 Å². The number of aromatic nitrogens is 5. The van der Waals surface area contributed by atoms with Crippen LogP contribution in [0.2, 0.25) is 0 Å². The van der Waals surface area contributed by atoms with Gasteiger partial charge in [0, 0.05) is 17.1 Å². The Balaban J connectivity index is 1.92. The Labute approximate surface area is 196 Å². The van der Waals surface area contributed by atoms with Crippen molar-refractivity contribution in [2.45, 2.75) is 55.4 Å². The Morgan fingerprint density at radius 3 is 2.38 bits per heavy atom. The number of nitrogens with zero attached hydrogens (tertiary/aromatic N) is 5. The molecule has 0 unspecified atom stereocenters. The van der Waals surface area contributed by atoms with E-state index in [0.29, 0.717) is 29.1 Å². The quantitative estimate of drug-likeness (QED) is 0.241. The van der Waals surface area contributed by atoms with Gasteiger partial charge in [-0.15, -0.1) is 10.2 Å². The summed E-state index contributed by atoms with van der Waals surface area (Å²) in [5.74, 6) is 1.78. The largest absolute Gasteiger partial charge is 0.497 e. The first-order valence-corrected chi connectivity index (χ1v) is 12.2. The van der Waals surface area contributed by atoms with E-state index in [4.69, 9.17) is 9.47 Å². The van der Waals surface area contributed by atoms with Crippen molar-refractivity contribution in [3.8, 4) is 11.4 Å². The van der Waals surface area contributed by atoms with Crippen molar-refractivity contribution in [2.75, 3.05) is 13.7 Å². The molecule has 170 valence electrons. The number of hydrogen-bond acceptors (Lipinski definition) is 9. The molecule has 3 rings (SSSR count). The Kier molecular flexibility index (Phi) is 8.52. The van der Waals surface area contributed by atoms with E-state index in [1.807, 2.05) is 55.7 Å². The highest BCUT2D eigenvalue weighted by atomic mass is 32.2. The van der Waals surface area contributed by atoms with Crippen molar-refractivity contribution in [1.82, 2.24) is 24.7 Å². The van der Waals surface area contributed by atoms with E-state index >= 15 is 0 Å². The maximum atomic E-state index is 12.4. The van der Waals surface area contributed by atoms with Crippen molar-refractivity contribution >= 4 is 29.5 Å². The summed E-state index contributed by atoms with van der Waals surface area (Å²) in [7, 11) is 1.63. The molecule has 3 aromatic rings. The summed E-state index contributed by atoms with van der Waals surface area (Å²) in [6.45, 7) is 8.01. The molecule has 0 amide bonds. The van der Waals surface area contributed by atoms with E-state index in [2.05, 4.69) is 20.2 Å². The first-order valence-electron chi connectivity index (χ1n) is 10.3. The van der Waals surface area contributed by atoms with Crippen molar-refractivity contribution in [3.05, 3.63) is 47.5 Å². The van der Waals surface area contributed by atoms with Crippen molar-refractivity contribution in [1.29, 1.82) is 0 Å². The van der Waals surface area contributed by atoms with Crippen LogP contribution >= 0.6 is 23.5 Å². The fourth-order valence-corrected chi connectivity index (χ4v) is 4.86. The van der Waals surface area contributed by atoms with Crippen LogP contribution in [0.5, 0.6) is 5.75 Å². The Morgan fingerprint density at radius 1 is 1.09 bits per heavy atom. The molecular formula is C22H27N5O3S2. The number of benzene rings is 1. The van der Waals surface area contributed by atoms with Crippen LogP contribution in [-0.4, -0.2) is 49.7 Å². The molecule has 2 aromatic heterocycles. The molecule has 10 heteroatoms. The number of carbonyl (C=O) groups is 1. The van der Waals surface area contributed by atoms with Crippen LogP contribution in [-0.2, 0) is 15.3 Å². The normalized spacial score (nSPS) is 11.9. The highest BCUT2D eigenvalue weighted by Gasteiger charge is 2.24. The smallest absolute Gasteiger partial charge is 0.319 e. The third-order valence-corrected chi connectivity index (χ3v) is 6.62. The molecule has 2 heterocycles.